The van der Waals surface area contributed by atoms with Crippen molar-refractivity contribution in [2.45, 2.75) is 40.5 Å². The normalized spacial score (nSPS) is 13.0. The Kier molecular flexibility index (Phi) is 10.2. The van der Waals surface area contributed by atoms with Gasteiger partial charge in [0.1, 0.15) is 0 Å². The topological polar surface area (TPSA) is 39.1 Å². The molecule has 0 aromatic heterocycles. The zero-order valence-electron chi connectivity index (χ0n) is 12.0. The van der Waals surface area contributed by atoms with Crippen LogP contribution in [0.4, 0.5) is 0 Å². The van der Waals surface area contributed by atoms with E-state index in [1.165, 1.54) is 6.42 Å². The summed E-state index contributed by atoms with van der Waals surface area (Å²) in [5.74, 6) is 1.32. The van der Waals surface area contributed by atoms with E-state index in [0.717, 1.165) is 32.7 Å². The standard InChI is InChI=1S/C14H29N3/c1-5-8-16-10-14(4)12-17(9-6-7-15)11-13(2)3/h13-14,16H,5-6,8-12H2,1-4H3. The maximum Gasteiger partial charge on any atom is 0.0635 e. The van der Waals surface area contributed by atoms with Crippen molar-refractivity contribution in [3.8, 4) is 6.07 Å². The van der Waals surface area contributed by atoms with Gasteiger partial charge in [0.15, 0.2) is 0 Å². The van der Waals surface area contributed by atoms with Gasteiger partial charge in [0, 0.05) is 26.1 Å². The molecule has 0 bridgehead atoms. The molecule has 0 fully saturated rings. The molecule has 0 radical (unpaired) electrons. The van der Waals surface area contributed by atoms with E-state index in [-0.39, 0.29) is 0 Å². The molecular weight excluding hydrogens is 210 g/mol. The van der Waals surface area contributed by atoms with Crippen molar-refractivity contribution in [2.75, 3.05) is 32.7 Å². The number of nitriles is 1. The maximum atomic E-state index is 8.67. The van der Waals surface area contributed by atoms with Crippen LogP contribution in [0.1, 0.15) is 40.5 Å². The smallest absolute Gasteiger partial charge is 0.0635 e. The van der Waals surface area contributed by atoms with Gasteiger partial charge < -0.3 is 10.2 Å². The van der Waals surface area contributed by atoms with Crippen LogP contribution in [0, 0.1) is 23.2 Å². The van der Waals surface area contributed by atoms with Gasteiger partial charge in [0.05, 0.1) is 6.07 Å². The molecule has 1 N–H and O–H groups in total. The molecule has 0 saturated heterocycles. The van der Waals surface area contributed by atoms with Gasteiger partial charge in [-0.25, -0.2) is 0 Å². The monoisotopic (exact) mass is 239 g/mol. The van der Waals surface area contributed by atoms with Crippen molar-refractivity contribution in [2.24, 2.45) is 11.8 Å². The van der Waals surface area contributed by atoms with Crippen LogP contribution in [-0.4, -0.2) is 37.6 Å². The van der Waals surface area contributed by atoms with Crippen LogP contribution in [0.3, 0.4) is 0 Å². The summed E-state index contributed by atoms with van der Waals surface area (Å²) in [5.41, 5.74) is 0. The van der Waals surface area contributed by atoms with Gasteiger partial charge in [0.2, 0.25) is 0 Å². The Hall–Kier alpha value is -0.590. The zero-order chi connectivity index (χ0) is 13.1. The first-order valence-electron chi connectivity index (χ1n) is 6.90. The van der Waals surface area contributed by atoms with Crippen LogP contribution in [0.2, 0.25) is 0 Å². The predicted molar refractivity (Wildman–Crippen MR) is 73.8 cm³/mol. The van der Waals surface area contributed by atoms with Crippen molar-refractivity contribution in [1.82, 2.24) is 10.2 Å². The molecule has 0 amide bonds. The number of hydrogen-bond acceptors (Lipinski definition) is 3. The van der Waals surface area contributed by atoms with Crippen LogP contribution in [-0.2, 0) is 0 Å². The lowest BCUT2D eigenvalue weighted by Crippen LogP contribution is -2.36. The van der Waals surface area contributed by atoms with E-state index >= 15 is 0 Å². The Bertz CT molecular complexity index is 208. The van der Waals surface area contributed by atoms with E-state index in [9.17, 15) is 0 Å². The van der Waals surface area contributed by atoms with Crippen LogP contribution in [0.5, 0.6) is 0 Å². The molecule has 0 aliphatic rings. The average molecular weight is 239 g/mol. The first-order chi connectivity index (χ1) is 8.10. The molecular formula is C14H29N3. The minimum absolute atomic E-state index is 0.641. The van der Waals surface area contributed by atoms with Crippen molar-refractivity contribution >= 4 is 0 Å². The number of hydrogen-bond donors (Lipinski definition) is 1. The Morgan fingerprint density at radius 3 is 2.47 bits per heavy atom. The first kappa shape index (κ1) is 16.4. The minimum Gasteiger partial charge on any atom is -0.316 e. The molecule has 17 heavy (non-hydrogen) atoms. The van der Waals surface area contributed by atoms with E-state index < -0.39 is 0 Å². The third kappa shape index (κ3) is 10.3. The lowest BCUT2D eigenvalue weighted by molar-refractivity contribution is 0.216. The van der Waals surface area contributed by atoms with E-state index in [2.05, 4.69) is 44.0 Å². The highest BCUT2D eigenvalue weighted by Crippen LogP contribution is 2.04. The van der Waals surface area contributed by atoms with Crippen molar-refractivity contribution in [3.63, 3.8) is 0 Å². The highest BCUT2D eigenvalue weighted by atomic mass is 15.1. The maximum absolute atomic E-state index is 8.67. The van der Waals surface area contributed by atoms with Crippen LogP contribution >= 0.6 is 0 Å². The Morgan fingerprint density at radius 1 is 1.24 bits per heavy atom. The van der Waals surface area contributed by atoms with Gasteiger partial charge in [-0.2, -0.15) is 5.26 Å². The number of nitrogens with zero attached hydrogens (tertiary/aromatic N) is 2. The number of nitrogens with one attached hydrogen (secondary N) is 1. The first-order valence-corrected chi connectivity index (χ1v) is 6.90. The van der Waals surface area contributed by atoms with E-state index in [1.807, 2.05) is 0 Å². The molecule has 0 aromatic carbocycles. The molecule has 3 heteroatoms. The van der Waals surface area contributed by atoms with Crippen LogP contribution in [0.25, 0.3) is 0 Å². The Labute approximate surface area is 107 Å². The van der Waals surface area contributed by atoms with Gasteiger partial charge in [-0.15, -0.1) is 0 Å². The molecule has 0 aliphatic heterocycles. The third-order valence-corrected chi connectivity index (χ3v) is 2.65. The highest BCUT2D eigenvalue weighted by Gasteiger charge is 2.11. The second-order valence-electron chi connectivity index (χ2n) is 5.37. The molecule has 100 valence electrons. The summed E-state index contributed by atoms with van der Waals surface area (Å²) in [6.45, 7) is 14.2. The van der Waals surface area contributed by atoms with Gasteiger partial charge in [-0.05, 0) is 31.3 Å². The summed E-state index contributed by atoms with van der Waals surface area (Å²) < 4.78 is 0. The molecule has 0 rings (SSSR count). The molecule has 3 nitrogen and oxygen atoms in total. The Balaban J connectivity index is 3.90. The molecule has 1 unspecified atom stereocenters. The van der Waals surface area contributed by atoms with Crippen molar-refractivity contribution in [3.05, 3.63) is 0 Å². The van der Waals surface area contributed by atoms with E-state index in [0.29, 0.717) is 18.3 Å². The molecule has 0 aliphatic carbocycles. The minimum atomic E-state index is 0.641. The quantitative estimate of drug-likeness (QED) is 0.595. The largest absolute Gasteiger partial charge is 0.316 e. The second-order valence-corrected chi connectivity index (χ2v) is 5.37. The molecule has 0 aromatic rings. The molecule has 1 atom stereocenters. The fourth-order valence-corrected chi connectivity index (χ4v) is 2.01. The third-order valence-electron chi connectivity index (χ3n) is 2.65. The van der Waals surface area contributed by atoms with E-state index in [1.54, 1.807) is 0 Å². The Morgan fingerprint density at radius 2 is 1.94 bits per heavy atom. The van der Waals surface area contributed by atoms with Gasteiger partial charge in [-0.1, -0.05) is 27.7 Å². The van der Waals surface area contributed by atoms with E-state index in [4.69, 9.17) is 5.26 Å². The summed E-state index contributed by atoms with van der Waals surface area (Å²) in [7, 11) is 0. The SMILES string of the molecule is CCCNCC(C)CN(CCC#N)CC(C)C. The second kappa shape index (κ2) is 10.6. The summed E-state index contributed by atoms with van der Waals surface area (Å²) in [5, 5.41) is 12.1. The summed E-state index contributed by atoms with van der Waals surface area (Å²) in [4.78, 5) is 2.42. The fourth-order valence-electron chi connectivity index (χ4n) is 2.01. The van der Waals surface area contributed by atoms with Gasteiger partial charge >= 0.3 is 0 Å². The summed E-state index contributed by atoms with van der Waals surface area (Å²) in [6, 6.07) is 2.24. The number of rotatable bonds is 10. The molecule has 0 saturated carbocycles. The zero-order valence-corrected chi connectivity index (χ0v) is 12.0. The van der Waals surface area contributed by atoms with Crippen LogP contribution < -0.4 is 5.32 Å². The lowest BCUT2D eigenvalue weighted by atomic mass is 10.1. The van der Waals surface area contributed by atoms with Crippen molar-refractivity contribution < 1.29 is 0 Å². The lowest BCUT2D eigenvalue weighted by Gasteiger charge is -2.26. The summed E-state index contributed by atoms with van der Waals surface area (Å²) >= 11 is 0. The fraction of sp³-hybridized carbons (Fsp3) is 0.929. The summed E-state index contributed by atoms with van der Waals surface area (Å²) in [6.07, 6.45) is 1.83. The van der Waals surface area contributed by atoms with Crippen LogP contribution in [0.15, 0.2) is 0 Å². The molecule has 0 heterocycles. The average Bonchev–Trinajstić information content (AvgIpc) is 2.25. The highest BCUT2D eigenvalue weighted by molar-refractivity contribution is 4.74. The predicted octanol–water partition coefficient (Wildman–Crippen LogP) is 2.49. The van der Waals surface area contributed by atoms with Crippen molar-refractivity contribution in [1.29, 1.82) is 5.26 Å². The van der Waals surface area contributed by atoms with Gasteiger partial charge in [0.25, 0.3) is 0 Å². The van der Waals surface area contributed by atoms with Gasteiger partial charge in [-0.3, -0.25) is 0 Å². The molecule has 0 spiro atoms.